The number of benzene rings is 1. The number of β-amino-alcohol motifs (C(OH)–C–C–N with tert-alkyl or cyclic N) is 1. The third kappa shape index (κ3) is 2.87. The van der Waals surface area contributed by atoms with Crippen LogP contribution in [0.4, 0.5) is 0 Å². The topological polar surface area (TPSA) is 50.5 Å². The van der Waals surface area contributed by atoms with E-state index in [9.17, 15) is 5.11 Å². The minimum absolute atomic E-state index is 0.213. The molecule has 1 aromatic carbocycles. The van der Waals surface area contributed by atoms with Gasteiger partial charge in [0.05, 0.1) is 19.4 Å². The molecule has 5 nitrogen and oxygen atoms in total. The molecule has 5 heteroatoms. The highest BCUT2D eigenvalue weighted by Crippen LogP contribution is 2.35. The van der Waals surface area contributed by atoms with Crippen molar-refractivity contribution in [2.24, 2.45) is 7.05 Å². The molecule has 0 saturated carbocycles. The van der Waals surface area contributed by atoms with Crippen molar-refractivity contribution in [3.8, 4) is 5.75 Å². The van der Waals surface area contributed by atoms with Crippen molar-refractivity contribution >= 4 is 0 Å². The Kier molecular flexibility index (Phi) is 4.18. The van der Waals surface area contributed by atoms with Gasteiger partial charge in [-0.1, -0.05) is 12.1 Å². The van der Waals surface area contributed by atoms with Crippen molar-refractivity contribution in [3.05, 3.63) is 47.3 Å². The third-order valence-electron chi connectivity index (χ3n) is 4.57. The van der Waals surface area contributed by atoms with E-state index in [4.69, 9.17) is 4.74 Å². The van der Waals surface area contributed by atoms with Crippen LogP contribution in [0.1, 0.15) is 29.3 Å². The predicted molar refractivity (Wildman–Crippen MR) is 84.7 cm³/mol. The van der Waals surface area contributed by atoms with E-state index in [2.05, 4.69) is 29.1 Å². The van der Waals surface area contributed by atoms with Crippen molar-refractivity contribution in [2.75, 3.05) is 13.7 Å². The van der Waals surface area contributed by atoms with Gasteiger partial charge in [0, 0.05) is 37.4 Å². The van der Waals surface area contributed by atoms with Crippen molar-refractivity contribution in [2.45, 2.75) is 32.0 Å². The molecule has 1 fully saturated rings. The molecule has 3 rings (SSSR count). The van der Waals surface area contributed by atoms with Gasteiger partial charge in [-0.2, -0.15) is 5.10 Å². The van der Waals surface area contributed by atoms with Gasteiger partial charge in [0.2, 0.25) is 0 Å². The lowest BCUT2D eigenvalue weighted by atomic mass is 10.0. The van der Waals surface area contributed by atoms with Gasteiger partial charge < -0.3 is 9.84 Å². The summed E-state index contributed by atoms with van der Waals surface area (Å²) in [6.45, 7) is 3.57. The predicted octanol–water partition coefficient (Wildman–Crippen LogP) is 2.05. The minimum Gasteiger partial charge on any atom is -0.497 e. The number of ether oxygens (including phenoxy) is 1. The molecular formula is C17H23N3O2. The van der Waals surface area contributed by atoms with Crippen LogP contribution in [-0.4, -0.2) is 39.5 Å². The molecule has 0 radical (unpaired) electrons. The summed E-state index contributed by atoms with van der Waals surface area (Å²) in [6.07, 6.45) is 2.39. The molecule has 1 aliphatic heterocycles. The number of hydrogen-bond acceptors (Lipinski definition) is 4. The second kappa shape index (κ2) is 6.10. The van der Waals surface area contributed by atoms with Crippen LogP contribution in [0.3, 0.4) is 0 Å². The maximum atomic E-state index is 10.1. The van der Waals surface area contributed by atoms with Gasteiger partial charge in [-0.3, -0.25) is 9.58 Å². The van der Waals surface area contributed by atoms with Crippen molar-refractivity contribution in [3.63, 3.8) is 0 Å². The van der Waals surface area contributed by atoms with Gasteiger partial charge in [-0.25, -0.2) is 0 Å². The van der Waals surface area contributed by atoms with E-state index in [1.54, 1.807) is 7.11 Å². The van der Waals surface area contributed by atoms with Gasteiger partial charge in [-0.05, 0) is 31.0 Å². The number of likely N-dealkylation sites (tertiary alicyclic amines) is 1. The monoisotopic (exact) mass is 301 g/mol. The summed E-state index contributed by atoms with van der Waals surface area (Å²) in [7, 11) is 3.64. The Morgan fingerprint density at radius 3 is 2.91 bits per heavy atom. The molecule has 0 aliphatic carbocycles. The number of methoxy groups -OCH3 is 1. The molecule has 1 aliphatic rings. The van der Waals surface area contributed by atoms with E-state index in [0.717, 1.165) is 18.7 Å². The van der Waals surface area contributed by atoms with Crippen molar-refractivity contribution in [1.82, 2.24) is 14.7 Å². The maximum Gasteiger partial charge on any atom is 0.119 e. The Labute approximate surface area is 131 Å². The molecule has 2 unspecified atom stereocenters. The molecule has 1 N–H and O–H groups in total. The standard InChI is InChI=1S/C17H23N3O2/c1-12-14(9-18-19(12)2)10-20-11-15(21)8-17(20)13-5-4-6-16(7-13)22-3/h4-7,9,15,17,21H,8,10-11H2,1-3H3. The number of rotatable bonds is 4. The fraction of sp³-hybridized carbons (Fsp3) is 0.471. The van der Waals surface area contributed by atoms with Crippen LogP contribution in [0.5, 0.6) is 5.75 Å². The van der Waals surface area contributed by atoms with E-state index >= 15 is 0 Å². The molecule has 2 heterocycles. The Balaban J connectivity index is 1.84. The normalized spacial score (nSPS) is 22.2. The Morgan fingerprint density at radius 2 is 2.23 bits per heavy atom. The molecule has 1 saturated heterocycles. The molecule has 0 bridgehead atoms. The molecule has 1 aromatic heterocycles. The molecule has 0 amide bonds. The Morgan fingerprint density at radius 1 is 1.41 bits per heavy atom. The second-order valence-corrected chi connectivity index (χ2v) is 5.99. The lowest BCUT2D eigenvalue weighted by Gasteiger charge is -2.24. The highest BCUT2D eigenvalue weighted by atomic mass is 16.5. The SMILES string of the molecule is COc1cccc(C2CC(O)CN2Cc2cnn(C)c2C)c1. The summed E-state index contributed by atoms with van der Waals surface area (Å²) in [6, 6.07) is 8.33. The maximum absolute atomic E-state index is 10.1. The van der Waals surface area contributed by atoms with E-state index in [1.165, 1.54) is 16.8 Å². The second-order valence-electron chi connectivity index (χ2n) is 5.99. The minimum atomic E-state index is -0.284. The number of aliphatic hydroxyl groups excluding tert-OH is 1. The number of aromatic nitrogens is 2. The summed E-state index contributed by atoms with van der Waals surface area (Å²) >= 11 is 0. The first-order valence-corrected chi connectivity index (χ1v) is 7.62. The van der Waals surface area contributed by atoms with Gasteiger partial charge >= 0.3 is 0 Å². The van der Waals surface area contributed by atoms with Crippen LogP contribution < -0.4 is 4.74 Å². The summed E-state index contributed by atoms with van der Waals surface area (Å²) in [5.74, 6) is 0.858. The number of nitrogens with zero attached hydrogens (tertiary/aromatic N) is 3. The van der Waals surface area contributed by atoms with Crippen LogP contribution in [0.15, 0.2) is 30.5 Å². The average molecular weight is 301 g/mol. The van der Waals surface area contributed by atoms with Crippen LogP contribution in [0.25, 0.3) is 0 Å². The fourth-order valence-corrected chi connectivity index (χ4v) is 3.17. The number of aryl methyl sites for hydroxylation is 1. The first-order valence-electron chi connectivity index (χ1n) is 7.62. The Bertz CT molecular complexity index is 653. The summed E-state index contributed by atoms with van der Waals surface area (Å²) in [5, 5.41) is 14.4. The first kappa shape index (κ1) is 15.1. The summed E-state index contributed by atoms with van der Waals surface area (Å²) < 4.78 is 7.21. The highest BCUT2D eigenvalue weighted by Gasteiger charge is 2.32. The first-order chi connectivity index (χ1) is 10.6. The molecule has 22 heavy (non-hydrogen) atoms. The lowest BCUT2D eigenvalue weighted by molar-refractivity contribution is 0.172. The van der Waals surface area contributed by atoms with Crippen LogP contribution in [0, 0.1) is 6.92 Å². The van der Waals surface area contributed by atoms with E-state index < -0.39 is 0 Å². The average Bonchev–Trinajstić information content (AvgIpc) is 3.04. The van der Waals surface area contributed by atoms with Gasteiger partial charge in [0.15, 0.2) is 0 Å². The van der Waals surface area contributed by atoms with E-state index in [0.29, 0.717) is 6.54 Å². The zero-order valence-electron chi connectivity index (χ0n) is 13.4. The number of aliphatic hydroxyl groups is 1. The smallest absolute Gasteiger partial charge is 0.119 e. The third-order valence-corrected chi connectivity index (χ3v) is 4.57. The van der Waals surface area contributed by atoms with E-state index in [1.807, 2.05) is 30.1 Å². The summed E-state index contributed by atoms with van der Waals surface area (Å²) in [4.78, 5) is 2.32. The van der Waals surface area contributed by atoms with Gasteiger partial charge in [0.1, 0.15) is 5.75 Å². The largest absolute Gasteiger partial charge is 0.497 e. The van der Waals surface area contributed by atoms with Crippen LogP contribution in [-0.2, 0) is 13.6 Å². The molecule has 118 valence electrons. The fourth-order valence-electron chi connectivity index (χ4n) is 3.17. The van der Waals surface area contributed by atoms with Gasteiger partial charge in [-0.15, -0.1) is 0 Å². The summed E-state index contributed by atoms with van der Waals surface area (Å²) in [5.41, 5.74) is 3.58. The number of hydrogen-bond donors (Lipinski definition) is 1. The Hall–Kier alpha value is -1.85. The molecule has 2 aromatic rings. The van der Waals surface area contributed by atoms with Crippen molar-refractivity contribution in [1.29, 1.82) is 0 Å². The van der Waals surface area contributed by atoms with Crippen molar-refractivity contribution < 1.29 is 9.84 Å². The molecule has 0 spiro atoms. The molecular weight excluding hydrogens is 278 g/mol. The van der Waals surface area contributed by atoms with Crippen LogP contribution >= 0.6 is 0 Å². The zero-order chi connectivity index (χ0) is 15.7. The van der Waals surface area contributed by atoms with Crippen LogP contribution in [0.2, 0.25) is 0 Å². The lowest BCUT2D eigenvalue weighted by Crippen LogP contribution is -2.24. The van der Waals surface area contributed by atoms with Gasteiger partial charge in [0.25, 0.3) is 0 Å². The molecule has 2 atom stereocenters. The zero-order valence-corrected chi connectivity index (χ0v) is 13.4. The highest BCUT2D eigenvalue weighted by molar-refractivity contribution is 5.31. The van der Waals surface area contributed by atoms with E-state index in [-0.39, 0.29) is 12.1 Å². The quantitative estimate of drug-likeness (QED) is 0.939.